The Bertz CT molecular complexity index is 503. The Morgan fingerprint density at radius 2 is 2.12 bits per heavy atom. The second-order valence-corrected chi connectivity index (χ2v) is 5.66. The first-order chi connectivity index (χ1) is 8.33. The minimum atomic E-state index is 0.725. The molecule has 0 saturated heterocycles. The third kappa shape index (κ3) is 2.71. The summed E-state index contributed by atoms with van der Waals surface area (Å²) in [6, 6.07) is 9.19. The SMILES string of the molecule is Clc1cc(-c2ccsc2)ccc1CNC1CC1. The zero-order chi connectivity index (χ0) is 11.7. The monoisotopic (exact) mass is 263 g/mol. The van der Waals surface area contributed by atoms with Crippen LogP contribution in [0, 0.1) is 0 Å². The minimum Gasteiger partial charge on any atom is -0.310 e. The molecule has 1 heterocycles. The highest BCUT2D eigenvalue weighted by Gasteiger charge is 2.20. The van der Waals surface area contributed by atoms with Crippen LogP contribution in [-0.2, 0) is 6.54 Å². The number of nitrogens with one attached hydrogen (secondary N) is 1. The summed E-state index contributed by atoms with van der Waals surface area (Å²) in [7, 11) is 0. The molecule has 1 aliphatic rings. The molecular formula is C14H14ClNS. The summed E-state index contributed by atoms with van der Waals surface area (Å²) in [5.41, 5.74) is 3.64. The van der Waals surface area contributed by atoms with Gasteiger partial charge in [0, 0.05) is 17.6 Å². The van der Waals surface area contributed by atoms with Crippen molar-refractivity contribution in [3.63, 3.8) is 0 Å². The summed E-state index contributed by atoms with van der Waals surface area (Å²) < 4.78 is 0. The van der Waals surface area contributed by atoms with E-state index in [1.807, 2.05) is 0 Å². The molecule has 17 heavy (non-hydrogen) atoms. The van der Waals surface area contributed by atoms with Crippen LogP contribution < -0.4 is 5.32 Å². The van der Waals surface area contributed by atoms with Crippen LogP contribution in [-0.4, -0.2) is 6.04 Å². The van der Waals surface area contributed by atoms with Crippen molar-refractivity contribution < 1.29 is 0 Å². The summed E-state index contributed by atoms with van der Waals surface area (Å²) in [6.07, 6.45) is 2.62. The molecule has 0 radical (unpaired) electrons. The van der Waals surface area contributed by atoms with Gasteiger partial charge in [-0.05, 0) is 52.4 Å². The lowest BCUT2D eigenvalue weighted by Crippen LogP contribution is -2.15. The maximum Gasteiger partial charge on any atom is 0.0457 e. The van der Waals surface area contributed by atoms with E-state index in [0.717, 1.165) is 17.6 Å². The Morgan fingerprint density at radius 3 is 2.76 bits per heavy atom. The highest BCUT2D eigenvalue weighted by molar-refractivity contribution is 7.08. The lowest BCUT2D eigenvalue weighted by atomic mass is 10.1. The van der Waals surface area contributed by atoms with Gasteiger partial charge in [-0.3, -0.25) is 0 Å². The van der Waals surface area contributed by atoms with Crippen LogP contribution in [0.5, 0.6) is 0 Å². The molecule has 0 spiro atoms. The lowest BCUT2D eigenvalue weighted by Gasteiger charge is -2.07. The molecule has 1 N–H and O–H groups in total. The lowest BCUT2D eigenvalue weighted by molar-refractivity contribution is 0.688. The Kier molecular flexibility index (Phi) is 3.19. The molecule has 88 valence electrons. The average Bonchev–Trinajstić information content (AvgIpc) is 3.00. The third-order valence-electron chi connectivity index (χ3n) is 3.07. The quantitative estimate of drug-likeness (QED) is 0.866. The molecule has 2 aromatic rings. The molecule has 1 aromatic carbocycles. The van der Waals surface area contributed by atoms with Gasteiger partial charge in [0.1, 0.15) is 0 Å². The maximum atomic E-state index is 6.31. The van der Waals surface area contributed by atoms with Gasteiger partial charge in [-0.2, -0.15) is 11.3 Å². The molecule has 0 unspecified atom stereocenters. The Balaban J connectivity index is 1.78. The van der Waals surface area contributed by atoms with Gasteiger partial charge >= 0.3 is 0 Å². The molecule has 1 aromatic heterocycles. The van der Waals surface area contributed by atoms with Crippen LogP contribution in [0.15, 0.2) is 35.0 Å². The van der Waals surface area contributed by atoms with E-state index in [9.17, 15) is 0 Å². The first-order valence-corrected chi connectivity index (χ1v) is 7.19. The van der Waals surface area contributed by atoms with Crippen molar-refractivity contribution in [3.05, 3.63) is 45.6 Å². The number of benzene rings is 1. The van der Waals surface area contributed by atoms with Crippen molar-refractivity contribution in [3.8, 4) is 11.1 Å². The van der Waals surface area contributed by atoms with Crippen LogP contribution in [0.25, 0.3) is 11.1 Å². The van der Waals surface area contributed by atoms with E-state index in [1.165, 1.54) is 29.5 Å². The second-order valence-electron chi connectivity index (χ2n) is 4.47. The predicted molar refractivity (Wildman–Crippen MR) is 74.6 cm³/mol. The Hall–Kier alpha value is -0.830. The van der Waals surface area contributed by atoms with E-state index in [1.54, 1.807) is 11.3 Å². The molecule has 0 amide bonds. The van der Waals surface area contributed by atoms with E-state index in [0.29, 0.717) is 0 Å². The highest BCUT2D eigenvalue weighted by atomic mass is 35.5. The molecule has 0 atom stereocenters. The van der Waals surface area contributed by atoms with Gasteiger partial charge < -0.3 is 5.32 Å². The second kappa shape index (κ2) is 4.81. The fraction of sp³-hybridized carbons (Fsp3) is 0.286. The molecule has 3 rings (SSSR count). The standard InChI is InChI=1S/C14H14ClNS/c15-14-7-10(12-5-6-17-9-12)1-2-11(14)8-16-13-3-4-13/h1-2,5-7,9,13,16H,3-4,8H2. The highest BCUT2D eigenvalue weighted by Crippen LogP contribution is 2.28. The van der Waals surface area contributed by atoms with Gasteiger partial charge in [0.25, 0.3) is 0 Å². The summed E-state index contributed by atoms with van der Waals surface area (Å²) in [4.78, 5) is 0. The first-order valence-electron chi connectivity index (χ1n) is 5.87. The summed E-state index contributed by atoms with van der Waals surface area (Å²) >= 11 is 8.03. The van der Waals surface area contributed by atoms with Crippen molar-refractivity contribution in [2.24, 2.45) is 0 Å². The van der Waals surface area contributed by atoms with Crippen LogP contribution >= 0.6 is 22.9 Å². The Morgan fingerprint density at radius 1 is 1.24 bits per heavy atom. The fourth-order valence-electron chi connectivity index (χ4n) is 1.84. The topological polar surface area (TPSA) is 12.0 Å². The third-order valence-corrected chi connectivity index (χ3v) is 4.10. The van der Waals surface area contributed by atoms with E-state index >= 15 is 0 Å². The van der Waals surface area contributed by atoms with Crippen LogP contribution in [0.3, 0.4) is 0 Å². The van der Waals surface area contributed by atoms with Crippen molar-refractivity contribution >= 4 is 22.9 Å². The van der Waals surface area contributed by atoms with Gasteiger partial charge in [-0.15, -0.1) is 0 Å². The van der Waals surface area contributed by atoms with Gasteiger partial charge in [0.2, 0.25) is 0 Å². The summed E-state index contributed by atoms with van der Waals surface area (Å²) in [5, 5.41) is 8.58. The predicted octanol–water partition coefficient (Wildman–Crippen LogP) is 4.32. The van der Waals surface area contributed by atoms with Crippen molar-refractivity contribution in [2.45, 2.75) is 25.4 Å². The summed E-state index contributed by atoms with van der Waals surface area (Å²) in [6.45, 7) is 0.882. The van der Waals surface area contributed by atoms with Gasteiger partial charge in [0.15, 0.2) is 0 Å². The number of hydrogen-bond donors (Lipinski definition) is 1. The molecule has 0 bridgehead atoms. The van der Waals surface area contributed by atoms with E-state index in [2.05, 4.69) is 40.3 Å². The number of hydrogen-bond acceptors (Lipinski definition) is 2. The molecule has 1 nitrogen and oxygen atoms in total. The smallest absolute Gasteiger partial charge is 0.0457 e. The number of thiophene rings is 1. The fourth-order valence-corrected chi connectivity index (χ4v) is 2.75. The maximum absolute atomic E-state index is 6.31. The number of halogens is 1. The van der Waals surface area contributed by atoms with Gasteiger partial charge in [0.05, 0.1) is 0 Å². The molecule has 1 saturated carbocycles. The molecule has 3 heteroatoms. The van der Waals surface area contributed by atoms with Crippen molar-refractivity contribution in [1.82, 2.24) is 5.32 Å². The minimum absolute atomic E-state index is 0.725. The van der Waals surface area contributed by atoms with E-state index in [4.69, 9.17) is 11.6 Å². The van der Waals surface area contributed by atoms with Crippen LogP contribution in [0.1, 0.15) is 18.4 Å². The molecule has 1 aliphatic carbocycles. The molecule has 0 aliphatic heterocycles. The molecular weight excluding hydrogens is 250 g/mol. The van der Waals surface area contributed by atoms with Gasteiger partial charge in [-0.25, -0.2) is 0 Å². The van der Waals surface area contributed by atoms with E-state index in [-0.39, 0.29) is 0 Å². The van der Waals surface area contributed by atoms with Gasteiger partial charge in [-0.1, -0.05) is 23.7 Å². The van der Waals surface area contributed by atoms with Crippen molar-refractivity contribution in [2.75, 3.05) is 0 Å². The molecule has 1 fully saturated rings. The number of rotatable bonds is 4. The van der Waals surface area contributed by atoms with Crippen LogP contribution in [0.2, 0.25) is 5.02 Å². The van der Waals surface area contributed by atoms with E-state index < -0.39 is 0 Å². The summed E-state index contributed by atoms with van der Waals surface area (Å²) in [5.74, 6) is 0. The van der Waals surface area contributed by atoms with Crippen molar-refractivity contribution in [1.29, 1.82) is 0 Å². The normalized spacial score (nSPS) is 15.1. The largest absolute Gasteiger partial charge is 0.310 e. The zero-order valence-electron chi connectivity index (χ0n) is 9.45. The average molecular weight is 264 g/mol. The van der Waals surface area contributed by atoms with Crippen LogP contribution in [0.4, 0.5) is 0 Å². The first kappa shape index (κ1) is 11.3. The Labute approximate surface area is 110 Å². The zero-order valence-corrected chi connectivity index (χ0v) is 11.0.